The van der Waals surface area contributed by atoms with Crippen molar-refractivity contribution in [3.05, 3.63) is 61.2 Å². The molecule has 0 radical (unpaired) electrons. The lowest BCUT2D eigenvalue weighted by Gasteiger charge is -2.08. The minimum absolute atomic E-state index is 0.000907. The number of hydrogen-bond donors (Lipinski definition) is 2. The minimum Gasteiger partial charge on any atom is -0.469 e. The molecule has 0 fully saturated rings. The Bertz CT molecular complexity index is 1410. The predicted molar refractivity (Wildman–Crippen MR) is 122 cm³/mol. The molecule has 0 aliphatic carbocycles. The van der Waals surface area contributed by atoms with Gasteiger partial charge in [-0.1, -0.05) is 0 Å². The molecule has 0 bridgehead atoms. The second kappa shape index (κ2) is 9.75. The SMILES string of the molecule is COC(=O)CCCC(=O)Nc1nc2ccc(OS(=O)(=O)c3ccc(-n4ccnc4)cc3)cc2[nH]1. The second-order valence-electron chi connectivity index (χ2n) is 7.24. The molecule has 0 aliphatic heterocycles. The zero-order valence-corrected chi connectivity index (χ0v) is 18.9. The number of carbonyl (C=O) groups is 2. The quantitative estimate of drug-likeness (QED) is 0.273. The van der Waals surface area contributed by atoms with Crippen LogP contribution in [0.3, 0.4) is 0 Å². The summed E-state index contributed by atoms with van der Waals surface area (Å²) >= 11 is 0. The maximum absolute atomic E-state index is 12.7. The van der Waals surface area contributed by atoms with Crippen LogP contribution in [0, 0.1) is 0 Å². The van der Waals surface area contributed by atoms with Crippen molar-refractivity contribution in [3.8, 4) is 11.4 Å². The number of carbonyl (C=O) groups excluding carboxylic acids is 2. The van der Waals surface area contributed by atoms with Crippen molar-refractivity contribution in [2.45, 2.75) is 24.2 Å². The summed E-state index contributed by atoms with van der Waals surface area (Å²) < 4.78 is 37.0. The van der Waals surface area contributed by atoms with E-state index in [1.165, 1.54) is 31.4 Å². The first-order valence-corrected chi connectivity index (χ1v) is 11.6. The Balaban J connectivity index is 1.42. The summed E-state index contributed by atoms with van der Waals surface area (Å²) in [5.41, 5.74) is 1.75. The van der Waals surface area contributed by atoms with E-state index >= 15 is 0 Å². The van der Waals surface area contributed by atoms with E-state index in [4.69, 9.17) is 4.18 Å². The first-order chi connectivity index (χ1) is 16.3. The molecule has 12 heteroatoms. The highest BCUT2D eigenvalue weighted by atomic mass is 32.2. The average molecular weight is 484 g/mol. The molecule has 4 rings (SSSR count). The van der Waals surface area contributed by atoms with E-state index in [1.54, 1.807) is 41.5 Å². The Labute approximate surface area is 194 Å². The number of imidazole rings is 2. The molecule has 1 amide bonds. The minimum atomic E-state index is -4.07. The number of anilines is 1. The number of aromatic amines is 1. The summed E-state index contributed by atoms with van der Waals surface area (Å²) in [5.74, 6) is -0.409. The van der Waals surface area contributed by atoms with Crippen LogP contribution in [0.15, 0.2) is 66.1 Å². The van der Waals surface area contributed by atoms with Crippen LogP contribution in [-0.4, -0.2) is 46.9 Å². The monoisotopic (exact) mass is 483 g/mol. The smallest absolute Gasteiger partial charge is 0.339 e. The number of methoxy groups -OCH3 is 1. The number of aromatic nitrogens is 4. The molecule has 0 saturated heterocycles. The van der Waals surface area contributed by atoms with Gasteiger partial charge in [0.2, 0.25) is 11.9 Å². The molecule has 0 spiro atoms. The third kappa shape index (κ3) is 5.41. The van der Waals surface area contributed by atoms with Crippen molar-refractivity contribution in [1.29, 1.82) is 0 Å². The molecule has 0 atom stereocenters. The van der Waals surface area contributed by atoms with Gasteiger partial charge in [0.1, 0.15) is 10.6 Å². The first-order valence-electron chi connectivity index (χ1n) is 10.2. The van der Waals surface area contributed by atoms with Crippen LogP contribution in [0.5, 0.6) is 5.75 Å². The molecule has 4 aromatic rings. The van der Waals surface area contributed by atoms with Gasteiger partial charge in [-0.25, -0.2) is 9.97 Å². The Hall–Kier alpha value is -4.19. The number of rotatable bonds is 9. The van der Waals surface area contributed by atoms with Crippen LogP contribution in [0.2, 0.25) is 0 Å². The van der Waals surface area contributed by atoms with Gasteiger partial charge in [-0.2, -0.15) is 8.42 Å². The van der Waals surface area contributed by atoms with Crippen molar-refractivity contribution in [2.24, 2.45) is 0 Å². The topological polar surface area (TPSA) is 145 Å². The lowest BCUT2D eigenvalue weighted by Crippen LogP contribution is -2.13. The summed E-state index contributed by atoms with van der Waals surface area (Å²) in [6, 6.07) is 10.7. The van der Waals surface area contributed by atoms with Gasteiger partial charge in [0.15, 0.2) is 0 Å². The van der Waals surface area contributed by atoms with Crippen LogP contribution < -0.4 is 9.50 Å². The van der Waals surface area contributed by atoms with Crippen molar-refractivity contribution >= 4 is 39.0 Å². The van der Waals surface area contributed by atoms with Crippen LogP contribution in [0.4, 0.5) is 5.95 Å². The Morgan fingerprint density at radius 3 is 2.62 bits per heavy atom. The molecular formula is C22H21N5O6S. The number of fused-ring (bicyclic) bond motifs is 1. The fourth-order valence-corrected chi connectivity index (χ4v) is 4.08. The van der Waals surface area contributed by atoms with Crippen LogP contribution >= 0.6 is 0 Å². The number of nitrogens with zero attached hydrogens (tertiary/aromatic N) is 3. The highest BCUT2D eigenvalue weighted by Gasteiger charge is 2.18. The van der Waals surface area contributed by atoms with Gasteiger partial charge in [-0.15, -0.1) is 0 Å². The lowest BCUT2D eigenvalue weighted by molar-refractivity contribution is -0.140. The molecule has 0 aliphatic rings. The van der Waals surface area contributed by atoms with Crippen LogP contribution in [0.25, 0.3) is 16.7 Å². The lowest BCUT2D eigenvalue weighted by atomic mass is 10.2. The van der Waals surface area contributed by atoms with E-state index in [2.05, 4.69) is 25.0 Å². The largest absolute Gasteiger partial charge is 0.469 e. The number of esters is 1. The van der Waals surface area contributed by atoms with Crippen LogP contribution in [-0.2, 0) is 24.4 Å². The molecule has 176 valence electrons. The zero-order valence-electron chi connectivity index (χ0n) is 18.1. The third-order valence-electron chi connectivity index (χ3n) is 4.86. The summed E-state index contributed by atoms with van der Waals surface area (Å²) in [6.07, 6.45) is 5.60. The van der Waals surface area contributed by atoms with Gasteiger partial charge < -0.3 is 18.5 Å². The highest BCUT2D eigenvalue weighted by Crippen LogP contribution is 2.24. The highest BCUT2D eigenvalue weighted by molar-refractivity contribution is 7.87. The Morgan fingerprint density at radius 1 is 1.12 bits per heavy atom. The van der Waals surface area contributed by atoms with Crippen molar-refractivity contribution in [2.75, 3.05) is 12.4 Å². The molecule has 0 unspecified atom stereocenters. The van der Waals surface area contributed by atoms with Gasteiger partial charge in [0.25, 0.3) is 0 Å². The predicted octanol–water partition coefficient (Wildman–Crippen LogP) is 2.80. The number of nitrogens with one attached hydrogen (secondary N) is 2. The molecule has 34 heavy (non-hydrogen) atoms. The van der Waals surface area contributed by atoms with Gasteiger partial charge in [0.05, 0.1) is 24.5 Å². The Morgan fingerprint density at radius 2 is 1.91 bits per heavy atom. The zero-order chi connectivity index (χ0) is 24.1. The third-order valence-corrected chi connectivity index (χ3v) is 6.12. The molecular weight excluding hydrogens is 462 g/mol. The molecule has 2 aromatic carbocycles. The number of benzene rings is 2. The van der Waals surface area contributed by atoms with Crippen molar-refractivity contribution in [1.82, 2.24) is 19.5 Å². The van der Waals surface area contributed by atoms with Gasteiger partial charge in [-0.05, 0) is 42.8 Å². The molecule has 2 N–H and O–H groups in total. The Kier molecular flexibility index (Phi) is 6.59. The van der Waals surface area contributed by atoms with E-state index in [9.17, 15) is 18.0 Å². The number of H-pyrrole nitrogens is 1. The number of hydrogen-bond acceptors (Lipinski definition) is 8. The van der Waals surface area contributed by atoms with Crippen molar-refractivity contribution in [3.63, 3.8) is 0 Å². The number of amides is 1. The molecule has 11 nitrogen and oxygen atoms in total. The van der Waals surface area contributed by atoms with E-state index in [0.29, 0.717) is 17.5 Å². The van der Waals surface area contributed by atoms with E-state index < -0.39 is 10.1 Å². The van der Waals surface area contributed by atoms with E-state index in [1.807, 2.05) is 0 Å². The standard InChI is InChI=1S/C22H21N5O6S/c1-32-21(29)4-2-3-20(28)26-22-24-18-10-7-16(13-19(18)25-22)33-34(30,31)17-8-5-15(6-9-17)27-12-11-23-14-27/h5-14H,2-4H2,1H3,(H2,24,25,26,28). The maximum atomic E-state index is 12.7. The first kappa shape index (κ1) is 23.0. The van der Waals surface area contributed by atoms with Gasteiger partial charge >= 0.3 is 16.1 Å². The van der Waals surface area contributed by atoms with E-state index in [-0.39, 0.29) is 41.3 Å². The summed E-state index contributed by atoms with van der Waals surface area (Å²) in [5, 5.41) is 2.61. The average Bonchev–Trinajstić information content (AvgIpc) is 3.48. The molecule has 2 heterocycles. The normalized spacial score (nSPS) is 11.3. The fourth-order valence-electron chi connectivity index (χ4n) is 3.16. The van der Waals surface area contributed by atoms with Crippen LogP contribution in [0.1, 0.15) is 19.3 Å². The fraction of sp³-hybridized carbons (Fsp3) is 0.182. The summed E-state index contributed by atoms with van der Waals surface area (Å²) in [4.78, 5) is 34.3. The van der Waals surface area contributed by atoms with Gasteiger partial charge in [0, 0.05) is 37.0 Å². The van der Waals surface area contributed by atoms with Gasteiger partial charge in [-0.3, -0.25) is 14.9 Å². The molecule has 2 aromatic heterocycles. The number of ether oxygens (including phenoxy) is 1. The summed E-state index contributed by atoms with van der Waals surface area (Å²) in [6.45, 7) is 0. The molecule has 0 saturated carbocycles. The van der Waals surface area contributed by atoms with E-state index in [0.717, 1.165) is 5.69 Å². The summed E-state index contributed by atoms with van der Waals surface area (Å²) in [7, 11) is -2.78. The second-order valence-corrected chi connectivity index (χ2v) is 8.79. The van der Waals surface area contributed by atoms with Crippen molar-refractivity contribution < 1.29 is 26.9 Å². The maximum Gasteiger partial charge on any atom is 0.339 e.